The monoisotopic (exact) mass is 792 g/mol. The summed E-state index contributed by atoms with van der Waals surface area (Å²) >= 11 is 1.30. The first-order chi connectivity index (χ1) is 28.1. The summed E-state index contributed by atoms with van der Waals surface area (Å²) in [7, 11) is 0. The molecule has 9 heteroatoms. The SMILES string of the molecule is CC(C)(C)OC(c1ccccc1)(c1ccccc1)[C@H]1O[C@@H](Sc2ccccc2)[C@H](OC(=O)c2ccccc2)[C@@H](OC(=O)c2ccccc2)[C@H]1OC(=O)c1ccccc1. The van der Waals surface area contributed by atoms with Gasteiger partial charge in [0.05, 0.1) is 22.3 Å². The maximum atomic E-state index is 14.4. The van der Waals surface area contributed by atoms with Crippen LogP contribution < -0.4 is 0 Å². The third-order valence-corrected chi connectivity index (χ3v) is 10.7. The van der Waals surface area contributed by atoms with E-state index in [0.29, 0.717) is 11.1 Å². The molecule has 0 bridgehead atoms. The Morgan fingerprint density at radius 3 is 1.21 bits per heavy atom. The second kappa shape index (κ2) is 18.1. The lowest BCUT2D eigenvalue weighted by molar-refractivity contribution is -0.265. The van der Waals surface area contributed by atoms with Crippen LogP contribution in [0.25, 0.3) is 0 Å². The van der Waals surface area contributed by atoms with Crippen molar-refractivity contribution >= 4 is 29.7 Å². The minimum absolute atomic E-state index is 0.252. The Morgan fingerprint density at radius 2 is 0.810 bits per heavy atom. The van der Waals surface area contributed by atoms with E-state index in [-0.39, 0.29) is 16.7 Å². The first kappa shape index (κ1) is 40.2. The van der Waals surface area contributed by atoms with Gasteiger partial charge in [0, 0.05) is 4.90 Å². The van der Waals surface area contributed by atoms with E-state index in [1.165, 1.54) is 11.8 Å². The van der Waals surface area contributed by atoms with Crippen molar-refractivity contribution in [3.8, 4) is 0 Å². The first-order valence-corrected chi connectivity index (χ1v) is 20.0. The molecule has 6 aromatic rings. The van der Waals surface area contributed by atoms with Gasteiger partial charge < -0.3 is 23.7 Å². The van der Waals surface area contributed by atoms with E-state index in [1.807, 2.05) is 112 Å². The number of ether oxygens (including phenoxy) is 5. The molecule has 0 aromatic heterocycles. The topological polar surface area (TPSA) is 97.4 Å². The van der Waals surface area contributed by atoms with Gasteiger partial charge >= 0.3 is 17.9 Å². The molecule has 0 spiro atoms. The van der Waals surface area contributed by atoms with Gasteiger partial charge in [-0.3, -0.25) is 0 Å². The molecule has 6 aromatic carbocycles. The van der Waals surface area contributed by atoms with Crippen LogP contribution in [-0.2, 0) is 29.3 Å². The van der Waals surface area contributed by atoms with Crippen LogP contribution in [0.5, 0.6) is 0 Å². The molecule has 0 N–H and O–H groups in total. The number of carbonyl (C=O) groups excluding carboxylic acids is 3. The van der Waals surface area contributed by atoms with Crippen molar-refractivity contribution in [3.63, 3.8) is 0 Å². The average Bonchev–Trinajstić information content (AvgIpc) is 3.26. The lowest BCUT2D eigenvalue weighted by Gasteiger charge is -2.53. The van der Waals surface area contributed by atoms with Crippen molar-refractivity contribution in [2.45, 2.75) is 66.7 Å². The van der Waals surface area contributed by atoms with E-state index in [1.54, 1.807) is 91.0 Å². The molecule has 58 heavy (non-hydrogen) atoms. The third-order valence-electron chi connectivity index (χ3n) is 9.52. The third kappa shape index (κ3) is 9.24. The second-order valence-electron chi connectivity index (χ2n) is 14.7. The smallest absolute Gasteiger partial charge is 0.338 e. The van der Waals surface area contributed by atoms with Gasteiger partial charge in [-0.25, -0.2) is 14.4 Å². The van der Waals surface area contributed by atoms with Gasteiger partial charge in [-0.05, 0) is 80.4 Å². The largest absolute Gasteiger partial charge is 0.452 e. The van der Waals surface area contributed by atoms with Gasteiger partial charge in [0.25, 0.3) is 0 Å². The van der Waals surface area contributed by atoms with E-state index in [0.717, 1.165) is 4.90 Å². The molecular formula is C49H44O8S. The predicted octanol–water partition coefficient (Wildman–Crippen LogP) is 9.94. The van der Waals surface area contributed by atoms with Gasteiger partial charge in [-0.15, -0.1) is 0 Å². The highest BCUT2D eigenvalue weighted by Crippen LogP contribution is 2.49. The summed E-state index contributed by atoms with van der Waals surface area (Å²) in [5, 5.41) is 0. The molecule has 1 fully saturated rings. The number of benzene rings is 6. The van der Waals surface area contributed by atoms with Crippen molar-refractivity contribution in [1.29, 1.82) is 0 Å². The number of hydrogen-bond acceptors (Lipinski definition) is 9. The number of esters is 3. The van der Waals surface area contributed by atoms with E-state index in [9.17, 15) is 14.4 Å². The predicted molar refractivity (Wildman–Crippen MR) is 222 cm³/mol. The molecule has 1 aliphatic heterocycles. The van der Waals surface area contributed by atoms with Crippen LogP contribution in [0.4, 0.5) is 0 Å². The minimum Gasteiger partial charge on any atom is -0.452 e. The van der Waals surface area contributed by atoms with Crippen molar-refractivity contribution < 1.29 is 38.1 Å². The first-order valence-electron chi connectivity index (χ1n) is 19.1. The van der Waals surface area contributed by atoms with Crippen LogP contribution in [0.1, 0.15) is 63.0 Å². The highest BCUT2D eigenvalue weighted by molar-refractivity contribution is 7.99. The molecule has 1 heterocycles. The Bertz CT molecular complexity index is 2210. The van der Waals surface area contributed by atoms with E-state index in [4.69, 9.17) is 23.7 Å². The Kier molecular flexibility index (Phi) is 12.5. The summed E-state index contributed by atoms with van der Waals surface area (Å²) in [4.78, 5) is 43.6. The maximum absolute atomic E-state index is 14.4. The summed E-state index contributed by atoms with van der Waals surface area (Å²) in [5.74, 6) is -2.09. The van der Waals surface area contributed by atoms with Crippen molar-refractivity contribution in [2.75, 3.05) is 0 Å². The fourth-order valence-electron chi connectivity index (χ4n) is 7.08. The minimum atomic E-state index is -1.51. The van der Waals surface area contributed by atoms with Gasteiger partial charge in [0.2, 0.25) is 0 Å². The molecule has 7 rings (SSSR count). The highest BCUT2D eigenvalue weighted by atomic mass is 32.2. The maximum Gasteiger partial charge on any atom is 0.338 e. The lowest BCUT2D eigenvalue weighted by Crippen LogP contribution is -2.67. The summed E-state index contributed by atoms with van der Waals surface area (Å²) in [5.41, 5.74) is -1.19. The molecule has 0 amide bonds. The highest BCUT2D eigenvalue weighted by Gasteiger charge is 2.61. The van der Waals surface area contributed by atoms with E-state index in [2.05, 4.69) is 0 Å². The second-order valence-corrected chi connectivity index (χ2v) is 15.9. The standard InChI is InChI=1S/C49H44O8S/c1-48(2,3)57-49(37-28-16-7-17-29-37,38-30-18-8-19-31-38)43-41(54-45(51)35-24-12-5-13-25-35)40(53-44(50)34-22-10-4-11-23-34)42(55-46(52)36-26-14-6-15-27-36)47(56-43)58-39-32-20-9-21-33-39/h4-33,40-43,47H,1-3H3/t40-,41+,42+,43-,47-/m0/s1. The van der Waals surface area contributed by atoms with Crippen LogP contribution in [0.2, 0.25) is 0 Å². The Labute approximate surface area is 343 Å². The molecule has 5 atom stereocenters. The summed E-state index contributed by atoms with van der Waals surface area (Å²) in [6.45, 7) is 5.82. The summed E-state index contributed by atoms with van der Waals surface area (Å²) in [6, 6.07) is 54.3. The summed E-state index contributed by atoms with van der Waals surface area (Å²) in [6.07, 6.45) is -5.38. The lowest BCUT2D eigenvalue weighted by atomic mass is 9.76. The molecule has 1 saturated heterocycles. The van der Waals surface area contributed by atoms with Crippen LogP contribution in [0.15, 0.2) is 187 Å². The molecule has 8 nitrogen and oxygen atoms in total. The van der Waals surface area contributed by atoms with Crippen LogP contribution in [0, 0.1) is 0 Å². The molecule has 0 aliphatic carbocycles. The molecule has 0 radical (unpaired) electrons. The van der Waals surface area contributed by atoms with Crippen molar-refractivity contribution in [1.82, 2.24) is 0 Å². The molecular weight excluding hydrogens is 749 g/mol. The normalized spacial score (nSPS) is 19.4. The molecule has 0 unspecified atom stereocenters. The zero-order valence-electron chi connectivity index (χ0n) is 32.4. The van der Waals surface area contributed by atoms with Gasteiger partial charge in [0.1, 0.15) is 17.1 Å². The fourth-order valence-corrected chi connectivity index (χ4v) is 8.18. The molecule has 0 saturated carbocycles. The zero-order chi connectivity index (χ0) is 40.5. The Morgan fingerprint density at radius 1 is 0.466 bits per heavy atom. The molecule has 1 aliphatic rings. The van der Waals surface area contributed by atoms with E-state index < -0.39 is 59.0 Å². The van der Waals surface area contributed by atoms with E-state index >= 15 is 0 Å². The quantitative estimate of drug-likeness (QED) is 0.0886. The number of thioether (sulfide) groups is 1. The van der Waals surface area contributed by atoms with Crippen LogP contribution in [0.3, 0.4) is 0 Å². The van der Waals surface area contributed by atoms with Gasteiger partial charge in [0.15, 0.2) is 18.3 Å². The van der Waals surface area contributed by atoms with Crippen LogP contribution >= 0.6 is 11.8 Å². The van der Waals surface area contributed by atoms with Gasteiger partial charge in [-0.1, -0.05) is 145 Å². The van der Waals surface area contributed by atoms with Crippen molar-refractivity contribution in [2.24, 2.45) is 0 Å². The van der Waals surface area contributed by atoms with Gasteiger partial charge in [-0.2, -0.15) is 0 Å². The van der Waals surface area contributed by atoms with Crippen LogP contribution in [-0.4, -0.2) is 53.4 Å². The number of carbonyl (C=O) groups is 3. The summed E-state index contributed by atoms with van der Waals surface area (Å²) < 4.78 is 34.2. The fraction of sp³-hybridized carbons (Fsp3) is 0.204. The number of rotatable bonds is 12. The molecule has 294 valence electrons. The average molecular weight is 793 g/mol. The zero-order valence-corrected chi connectivity index (χ0v) is 33.2. The Balaban J connectivity index is 1.49. The Hall–Kier alpha value is -6.00. The van der Waals surface area contributed by atoms with Crippen molar-refractivity contribution in [3.05, 3.63) is 210 Å². The number of hydrogen-bond donors (Lipinski definition) is 0.